The lowest BCUT2D eigenvalue weighted by Crippen LogP contribution is -2.30. The lowest BCUT2D eigenvalue weighted by molar-refractivity contribution is -0.166. The van der Waals surface area contributed by atoms with Gasteiger partial charge in [-0.2, -0.15) is 0 Å². The van der Waals surface area contributed by atoms with Crippen LogP contribution in [-0.2, 0) is 28.6 Å². The summed E-state index contributed by atoms with van der Waals surface area (Å²) in [5, 5.41) is 0. The average Bonchev–Trinajstić information content (AvgIpc) is 3.31. The van der Waals surface area contributed by atoms with E-state index in [0.29, 0.717) is 12.8 Å². The predicted molar refractivity (Wildman–Crippen MR) is 284 cm³/mol. The first-order valence-corrected chi connectivity index (χ1v) is 27.9. The zero-order valence-corrected chi connectivity index (χ0v) is 43.4. The van der Waals surface area contributed by atoms with Crippen LogP contribution in [0.3, 0.4) is 0 Å². The number of rotatable bonds is 50. The highest BCUT2D eigenvalue weighted by atomic mass is 16.6. The minimum atomic E-state index is -0.831. The molecule has 0 saturated heterocycles. The molecule has 0 fully saturated rings. The monoisotopic (exact) mass is 921 g/mol. The first-order valence-electron chi connectivity index (χ1n) is 27.9. The minimum absolute atomic E-state index is 0.0973. The first kappa shape index (κ1) is 62.8. The highest BCUT2D eigenvalue weighted by Crippen LogP contribution is 2.16. The quantitative estimate of drug-likeness (QED) is 0.0262. The molecule has 0 aliphatic heterocycles. The number of hydrogen-bond donors (Lipinski definition) is 0. The molecule has 0 spiro atoms. The van der Waals surface area contributed by atoms with Crippen molar-refractivity contribution in [2.45, 2.75) is 277 Å². The zero-order valence-electron chi connectivity index (χ0n) is 43.4. The maximum atomic E-state index is 12.8. The van der Waals surface area contributed by atoms with Crippen LogP contribution >= 0.6 is 0 Å². The van der Waals surface area contributed by atoms with E-state index in [1.54, 1.807) is 6.08 Å². The molecule has 0 aromatic rings. The molecule has 0 aromatic heterocycles. The van der Waals surface area contributed by atoms with Gasteiger partial charge in [0.2, 0.25) is 0 Å². The van der Waals surface area contributed by atoms with Crippen molar-refractivity contribution in [1.29, 1.82) is 0 Å². The van der Waals surface area contributed by atoms with Gasteiger partial charge in [-0.3, -0.25) is 14.4 Å². The number of hydrogen-bond acceptors (Lipinski definition) is 6. The molecule has 0 aliphatic rings. The van der Waals surface area contributed by atoms with Gasteiger partial charge in [0.15, 0.2) is 6.10 Å². The molecular weight excluding hydrogens is 817 g/mol. The molecule has 0 amide bonds. The first-order chi connectivity index (χ1) is 32.5. The van der Waals surface area contributed by atoms with Crippen molar-refractivity contribution < 1.29 is 28.6 Å². The van der Waals surface area contributed by atoms with Crippen LogP contribution in [-0.4, -0.2) is 37.2 Å². The highest BCUT2D eigenvalue weighted by Gasteiger charge is 2.19. The van der Waals surface area contributed by atoms with Gasteiger partial charge in [0.1, 0.15) is 13.2 Å². The molecule has 66 heavy (non-hydrogen) atoms. The van der Waals surface area contributed by atoms with Gasteiger partial charge in [-0.1, -0.05) is 254 Å². The second kappa shape index (κ2) is 54.5. The summed E-state index contributed by atoms with van der Waals surface area (Å²) in [6.07, 6.45) is 69.2. The number of carbonyl (C=O) groups excluding carboxylic acids is 3. The van der Waals surface area contributed by atoms with E-state index in [1.165, 1.54) is 148 Å². The summed E-state index contributed by atoms with van der Waals surface area (Å²) in [5.41, 5.74) is 0. The summed E-state index contributed by atoms with van der Waals surface area (Å²) in [6, 6.07) is 0. The third kappa shape index (κ3) is 51.8. The summed E-state index contributed by atoms with van der Waals surface area (Å²) in [7, 11) is 0. The molecule has 6 heteroatoms. The average molecular weight is 921 g/mol. The Bertz CT molecular complexity index is 1240. The van der Waals surface area contributed by atoms with E-state index in [2.05, 4.69) is 81.5 Å². The van der Waals surface area contributed by atoms with Gasteiger partial charge in [0.25, 0.3) is 0 Å². The smallest absolute Gasteiger partial charge is 0.310 e. The molecule has 6 nitrogen and oxygen atoms in total. The van der Waals surface area contributed by atoms with Crippen LogP contribution in [0.1, 0.15) is 271 Å². The Labute approximate surface area is 408 Å². The molecular formula is C60H104O6. The van der Waals surface area contributed by atoms with Crippen molar-refractivity contribution in [2.75, 3.05) is 13.2 Å². The Kier molecular flexibility index (Phi) is 51.9. The van der Waals surface area contributed by atoms with Crippen LogP contribution in [0, 0.1) is 0 Å². The molecule has 0 rings (SSSR count). The number of unbranched alkanes of at least 4 members (excludes halogenated alkanes) is 28. The van der Waals surface area contributed by atoms with Gasteiger partial charge in [-0.05, 0) is 70.6 Å². The van der Waals surface area contributed by atoms with E-state index in [4.69, 9.17) is 14.2 Å². The molecule has 1 unspecified atom stereocenters. The molecule has 0 radical (unpaired) electrons. The van der Waals surface area contributed by atoms with Crippen molar-refractivity contribution >= 4 is 17.9 Å². The molecule has 1 atom stereocenters. The van der Waals surface area contributed by atoms with Crippen LogP contribution in [0.4, 0.5) is 0 Å². The molecule has 0 bridgehead atoms. The Morgan fingerprint density at radius 1 is 0.333 bits per heavy atom. The van der Waals surface area contributed by atoms with Gasteiger partial charge in [0, 0.05) is 12.8 Å². The van der Waals surface area contributed by atoms with E-state index in [1.807, 2.05) is 6.08 Å². The summed E-state index contributed by atoms with van der Waals surface area (Å²) in [6.45, 7) is 6.44. The molecule has 380 valence electrons. The Hall–Kier alpha value is -3.15. The zero-order chi connectivity index (χ0) is 47.9. The summed E-state index contributed by atoms with van der Waals surface area (Å²) >= 11 is 0. The standard InChI is InChI=1S/C60H104O6/c1-4-7-10-13-16-19-22-25-27-28-29-30-31-33-35-38-41-44-47-50-53-59(62)65-56-57(55-64-58(61)52-49-46-43-40-37-34-24-21-18-15-12-9-6-3)66-60(63)54-51-48-45-42-39-36-32-26-23-20-17-14-11-8-5-2/h8,11,17,20-21,24,26,32,39,42,48,51,57H,4-7,9-10,12-16,18-19,22-23,25,27-31,33-38,40-41,43-47,49-50,52-56H2,1-3H3/b11-8-,20-17-,24-21-,32-26-,42-39-,51-48-. The largest absolute Gasteiger partial charge is 0.462 e. The maximum Gasteiger partial charge on any atom is 0.310 e. The normalized spacial score (nSPS) is 12.6. The lowest BCUT2D eigenvalue weighted by Gasteiger charge is -2.18. The van der Waals surface area contributed by atoms with Crippen LogP contribution in [0.2, 0.25) is 0 Å². The maximum absolute atomic E-state index is 12.8. The molecule has 0 N–H and O–H groups in total. The highest BCUT2D eigenvalue weighted by molar-refractivity contribution is 5.72. The SMILES string of the molecule is CC/C=C\C/C=C\C/C=C\C/C=C\C/C=C\CC(=O)OC(COC(=O)CCCCCCC/C=C\CCCCCC)COC(=O)CCCCCCCCCCCCCCCCCCCCCC. The third-order valence-electron chi connectivity index (χ3n) is 12.0. The Morgan fingerprint density at radius 3 is 1.00 bits per heavy atom. The number of carbonyl (C=O) groups is 3. The Morgan fingerprint density at radius 2 is 0.636 bits per heavy atom. The van der Waals surface area contributed by atoms with E-state index in [-0.39, 0.29) is 31.6 Å². The van der Waals surface area contributed by atoms with Crippen molar-refractivity contribution in [1.82, 2.24) is 0 Å². The van der Waals surface area contributed by atoms with E-state index in [9.17, 15) is 14.4 Å². The fourth-order valence-corrected chi connectivity index (χ4v) is 7.81. The van der Waals surface area contributed by atoms with Crippen LogP contribution in [0.25, 0.3) is 0 Å². The fraction of sp³-hybridized carbons (Fsp3) is 0.750. The molecule has 0 saturated carbocycles. The lowest BCUT2D eigenvalue weighted by atomic mass is 10.0. The Balaban J connectivity index is 4.42. The van der Waals surface area contributed by atoms with E-state index >= 15 is 0 Å². The van der Waals surface area contributed by atoms with Gasteiger partial charge in [-0.25, -0.2) is 0 Å². The molecule has 0 heterocycles. The second-order valence-corrected chi connectivity index (χ2v) is 18.5. The fourth-order valence-electron chi connectivity index (χ4n) is 7.81. The summed E-state index contributed by atoms with van der Waals surface area (Å²) in [4.78, 5) is 38.0. The van der Waals surface area contributed by atoms with Gasteiger partial charge < -0.3 is 14.2 Å². The van der Waals surface area contributed by atoms with E-state index < -0.39 is 12.1 Å². The van der Waals surface area contributed by atoms with Gasteiger partial charge in [-0.15, -0.1) is 0 Å². The van der Waals surface area contributed by atoms with Crippen molar-refractivity contribution in [3.8, 4) is 0 Å². The van der Waals surface area contributed by atoms with Crippen molar-refractivity contribution in [3.05, 3.63) is 72.9 Å². The second-order valence-electron chi connectivity index (χ2n) is 18.5. The van der Waals surface area contributed by atoms with Crippen LogP contribution in [0.15, 0.2) is 72.9 Å². The van der Waals surface area contributed by atoms with Gasteiger partial charge >= 0.3 is 17.9 Å². The number of allylic oxidation sites excluding steroid dienone is 11. The third-order valence-corrected chi connectivity index (χ3v) is 12.0. The summed E-state index contributed by atoms with van der Waals surface area (Å²) in [5.74, 6) is -1.05. The van der Waals surface area contributed by atoms with Crippen molar-refractivity contribution in [2.24, 2.45) is 0 Å². The minimum Gasteiger partial charge on any atom is -0.462 e. The number of esters is 3. The molecule has 0 aromatic carbocycles. The van der Waals surface area contributed by atoms with E-state index in [0.717, 1.165) is 83.5 Å². The van der Waals surface area contributed by atoms with Gasteiger partial charge in [0.05, 0.1) is 6.42 Å². The summed E-state index contributed by atoms with van der Waals surface area (Å²) < 4.78 is 16.7. The predicted octanol–water partition coefficient (Wildman–Crippen LogP) is 18.6. The van der Waals surface area contributed by atoms with Crippen LogP contribution < -0.4 is 0 Å². The molecule has 0 aliphatic carbocycles. The topological polar surface area (TPSA) is 78.9 Å². The van der Waals surface area contributed by atoms with Crippen LogP contribution in [0.5, 0.6) is 0 Å². The number of ether oxygens (including phenoxy) is 3. The van der Waals surface area contributed by atoms with Crippen molar-refractivity contribution in [3.63, 3.8) is 0 Å².